The lowest BCUT2D eigenvalue weighted by Crippen LogP contribution is -2.37. The molecule has 0 radical (unpaired) electrons. The second kappa shape index (κ2) is 7.67. The molecule has 1 aliphatic rings. The molecule has 1 saturated heterocycles. The number of nitrogens with two attached hydrogens (primary N) is 1. The predicted octanol–water partition coefficient (Wildman–Crippen LogP) is 1.38. The van der Waals surface area contributed by atoms with Gasteiger partial charge in [0.25, 0.3) is 0 Å². The zero-order valence-electron chi connectivity index (χ0n) is 13.6. The van der Waals surface area contributed by atoms with Gasteiger partial charge in [0.15, 0.2) is 5.16 Å². The molecule has 1 fully saturated rings. The number of thioether (sulfide) groups is 1. The molecule has 24 heavy (non-hydrogen) atoms. The van der Waals surface area contributed by atoms with Gasteiger partial charge in [0.05, 0.1) is 18.9 Å². The summed E-state index contributed by atoms with van der Waals surface area (Å²) >= 11 is 1.49. The lowest BCUT2D eigenvalue weighted by atomic mass is 10.2. The van der Waals surface area contributed by atoms with Crippen LogP contribution in [0.1, 0.15) is 12.0 Å². The minimum absolute atomic E-state index is 0.308. The van der Waals surface area contributed by atoms with E-state index in [9.17, 15) is 4.79 Å². The molecule has 3 rings (SSSR count). The van der Waals surface area contributed by atoms with Crippen molar-refractivity contribution < 1.29 is 9.53 Å². The molecule has 7 nitrogen and oxygen atoms in total. The summed E-state index contributed by atoms with van der Waals surface area (Å²) in [5.74, 6) is 1.09. The molecule has 2 heterocycles. The molecule has 8 heteroatoms. The average Bonchev–Trinajstić information content (AvgIpc) is 2.99. The monoisotopic (exact) mass is 347 g/mol. The number of primary amides is 1. The van der Waals surface area contributed by atoms with Gasteiger partial charge in [-0.2, -0.15) is 0 Å². The maximum atomic E-state index is 11.0. The van der Waals surface area contributed by atoms with Gasteiger partial charge >= 0.3 is 0 Å². The third-order valence-corrected chi connectivity index (χ3v) is 4.68. The molecule has 0 atom stereocenters. The van der Waals surface area contributed by atoms with Crippen LogP contribution in [-0.2, 0) is 9.53 Å². The number of morpholine rings is 1. The normalized spacial score (nSPS) is 14.8. The van der Waals surface area contributed by atoms with Crippen LogP contribution < -0.4 is 10.6 Å². The molecule has 0 spiro atoms. The highest BCUT2D eigenvalue weighted by molar-refractivity contribution is 7.99. The van der Waals surface area contributed by atoms with Gasteiger partial charge in [0, 0.05) is 25.3 Å². The number of ether oxygens (including phenoxy) is 1. The Hall–Kier alpha value is -2.06. The Morgan fingerprint density at radius 1 is 1.33 bits per heavy atom. The van der Waals surface area contributed by atoms with Crippen molar-refractivity contribution in [1.82, 2.24) is 14.8 Å². The molecule has 2 N–H and O–H groups in total. The highest BCUT2D eigenvalue weighted by Gasteiger charge is 2.21. The van der Waals surface area contributed by atoms with Crippen LogP contribution in [0.4, 0.5) is 5.95 Å². The van der Waals surface area contributed by atoms with Gasteiger partial charge in [0.2, 0.25) is 11.9 Å². The first kappa shape index (κ1) is 16.8. The fourth-order valence-corrected chi connectivity index (χ4v) is 3.46. The number of carbonyl (C=O) groups is 1. The maximum absolute atomic E-state index is 11.0. The van der Waals surface area contributed by atoms with E-state index in [2.05, 4.69) is 34.2 Å². The number of nitrogens with zero attached hydrogens (tertiary/aromatic N) is 4. The molecule has 1 aromatic carbocycles. The molecule has 128 valence electrons. The summed E-state index contributed by atoms with van der Waals surface area (Å²) in [6.07, 6.45) is 0.318. The Balaban J connectivity index is 1.93. The average molecular weight is 347 g/mol. The molecule has 1 amide bonds. The summed E-state index contributed by atoms with van der Waals surface area (Å²) in [6.45, 7) is 5.00. The predicted molar refractivity (Wildman–Crippen MR) is 93.7 cm³/mol. The van der Waals surface area contributed by atoms with Gasteiger partial charge < -0.3 is 15.4 Å². The van der Waals surface area contributed by atoms with E-state index < -0.39 is 0 Å². The quantitative estimate of drug-likeness (QED) is 0.795. The first-order chi connectivity index (χ1) is 11.6. The fraction of sp³-hybridized carbons (Fsp3) is 0.438. The highest BCUT2D eigenvalue weighted by atomic mass is 32.2. The summed E-state index contributed by atoms with van der Waals surface area (Å²) in [5.41, 5.74) is 7.42. The van der Waals surface area contributed by atoms with Crippen molar-refractivity contribution in [1.29, 1.82) is 0 Å². The topological polar surface area (TPSA) is 86.3 Å². The lowest BCUT2D eigenvalue weighted by Gasteiger charge is -2.28. The van der Waals surface area contributed by atoms with E-state index in [-0.39, 0.29) is 5.91 Å². The second-order valence-electron chi connectivity index (χ2n) is 5.62. The second-order valence-corrected chi connectivity index (χ2v) is 6.68. The Morgan fingerprint density at radius 3 is 2.83 bits per heavy atom. The van der Waals surface area contributed by atoms with Gasteiger partial charge in [-0.1, -0.05) is 23.9 Å². The van der Waals surface area contributed by atoms with Gasteiger partial charge in [0.1, 0.15) is 0 Å². The van der Waals surface area contributed by atoms with Crippen LogP contribution in [-0.4, -0.2) is 52.7 Å². The minimum Gasteiger partial charge on any atom is -0.378 e. The molecule has 0 unspecified atom stereocenters. The van der Waals surface area contributed by atoms with Gasteiger partial charge in [-0.15, -0.1) is 10.2 Å². The number of aromatic nitrogens is 3. The first-order valence-corrected chi connectivity index (χ1v) is 8.90. The number of rotatable bonds is 6. The molecular weight excluding hydrogens is 326 g/mol. The van der Waals surface area contributed by atoms with Crippen LogP contribution in [0, 0.1) is 6.92 Å². The third kappa shape index (κ3) is 3.88. The number of amides is 1. The van der Waals surface area contributed by atoms with Crippen molar-refractivity contribution in [2.75, 3.05) is 37.0 Å². The van der Waals surface area contributed by atoms with E-state index in [1.165, 1.54) is 17.3 Å². The summed E-state index contributed by atoms with van der Waals surface area (Å²) in [7, 11) is 0. The van der Waals surface area contributed by atoms with Crippen LogP contribution in [0.15, 0.2) is 29.4 Å². The molecule has 0 saturated carbocycles. The molecular formula is C16H21N5O2S. The van der Waals surface area contributed by atoms with Crippen molar-refractivity contribution in [3.05, 3.63) is 29.8 Å². The first-order valence-electron chi connectivity index (χ1n) is 7.91. The number of benzene rings is 1. The Morgan fingerprint density at radius 2 is 2.12 bits per heavy atom. The van der Waals surface area contributed by atoms with E-state index in [0.717, 1.165) is 29.9 Å². The Bertz CT molecular complexity index is 712. The van der Waals surface area contributed by atoms with Crippen LogP contribution >= 0.6 is 11.8 Å². The van der Waals surface area contributed by atoms with Gasteiger partial charge in [-0.25, -0.2) is 0 Å². The highest BCUT2D eigenvalue weighted by Crippen LogP contribution is 2.27. The molecule has 2 aromatic rings. The smallest absolute Gasteiger partial charge is 0.232 e. The van der Waals surface area contributed by atoms with E-state index in [1.54, 1.807) is 0 Å². The minimum atomic E-state index is -0.308. The standard InChI is InChI=1S/C16H21N5O2S/c1-12-3-2-4-13(11-12)21-15(20-6-8-23-9-7-20)18-19-16(21)24-10-5-14(17)22/h2-4,11H,5-10H2,1H3,(H2,17,22). The van der Waals surface area contributed by atoms with Crippen molar-refractivity contribution in [2.45, 2.75) is 18.5 Å². The van der Waals surface area contributed by atoms with Crippen LogP contribution in [0.2, 0.25) is 0 Å². The van der Waals surface area contributed by atoms with E-state index in [0.29, 0.717) is 25.4 Å². The van der Waals surface area contributed by atoms with Crippen molar-refractivity contribution in [3.63, 3.8) is 0 Å². The van der Waals surface area contributed by atoms with Crippen LogP contribution in [0.3, 0.4) is 0 Å². The van der Waals surface area contributed by atoms with Crippen molar-refractivity contribution in [3.8, 4) is 5.69 Å². The zero-order valence-corrected chi connectivity index (χ0v) is 14.5. The summed E-state index contributed by atoms with van der Waals surface area (Å²) in [6, 6.07) is 8.22. The zero-order chi connectivity index (χ0) is 16.9. The number of carbonyl (C=O) groups excluding carboxylic acids is 1. The van der Waals surface area contributed by atoms with Crippen molar-refractivity contribution >= 4 is 23.6 Å². The van der Waals surface area contributed by atoms with E-state index >= 15 is 0 Å². The van der Waals surface area contributed by atoms with Crippen molar-refractivity contribution in [2.24, 2.45) is 5.73 Å². The van der Waals surface area contributed by atoms with Gasteiger partial charge in [-0.3, -0.25) is 9.36 Å². The summed E-state index contributed by atoms with van der Waals surface area (Å²) < 4.78 is 7.47. The molecule has 1 aliphatic heterocycles. The summed E-state index contributed by atoms with van der Waals surface area (Å²) in [5, 5.41) is 9.49. The van der Waals surface area contributed by atoms with E-state index in [1.807, 2.05) is 16.7 Å². The van der Waals surface area contributed by atoms with E-state index in [4.69, 9.17) is 10.5 Å². The van der Waals surface area contributed by atoms with Gasteiger partial charge in [-0.05, 0) is 24.6 Å². The maximum Gasteiger partial charge on any atom is 0.232 e. The molecule has 0 bridgehead atoms. The number of hydrogen-bond acceptors (Lipinski definition) is 6. The largest absolute Gasteiger partial charge is 0.378 e. The molecule has 1 aromatic heterocycles. The van der Waals surface area contributed by atoms with Crippen LogP contribution in [0.5, 0.6) is 0 Å². The summed E-state index contributed by atoms with van der Waals surface area (Å²) in [4.78, 5) is 13.2. The number of aryl methyl sites for hydroxylation is 1. The Labute approximate surface area is 145 Å². The number of hydrogen-bond donors (Lipinski definition) is 1. The van der Waals surface area contributed by atoms with Crippen LogP contribution in [0.25, 0.3) is 5.69 Å². The third-order valence-electron chi connectivity index (χ3n) is 3.75. The number of anilines is 1. The fourth-order valence-electron chi connectivity index (χ4n) is 2.56. The SMILES string of the molecule is Cc1cccc(-n2c(SCCC(N)=O)nnc2N2CCOCC2)c1. The molecule has 0 aliphatic carbocycles. The lowest BCUT2D eigenvalue weighted by molar-refractivity contribution is -0.117. The Kier molecular flexibility index (Phi) is 5.37.